The van der Waals surface area contributed by atoms with Crippen LogP contribution in [0.5, 0.6) is 5.88 Å². The summed E-state index contributed by atoms with van der Waals surface area (Å²) in [7, 11) is -2.23. The lowest BCUT2D eigenvalue weighted by atomic mass is 10.4. The molecular formula is C11H12N4O4S2. The molecule has 1 unspecified atom stereocenters. The normalized spacial score (nSPS) is 19.4. The quantitative estimate of drug-likeness (QED) is 0.854. The lowest BCUT2D eigenvalue weighted by Crippen LogP contribution is -2.32. The topological polar surface area (TPSA) is 115 Å². The lowest BCUT2D eigenvalue weighted by molar-refractivity contribution is -0.117. The molecule has 1 fully saturated rings. The van der Waals surface area contributed by atoms with Crippen LogP contribution in [0.15, 0.2) is 12.1 Å². The summed E-state index contributed by atoms with van der Waals surface area (Å²) in [5, 5.41) is 4.63. The van der Waals surface area contributed by atoms with E-state index in [1.165, 1.54) is 23.3 Å². The number of carbonyl (C=O) groups excluding carboxylic acids is 1. The average molecular weight is 328 g/mol. The number of hydrogen-bond acceptors (Lipinski definition) is 7. The SMILES string of the molecule is COc1ccc2nc(N3CC(S(N)(=O)=O)CC3=O)sc2n1. The van der Waals surface area contributed by atoms with Gasteiger partial charge in [0.1, 0.15) is 15.6 Å². The van der Waals surface area contributed by atoms with Crippen molar-refractivity contribution < 1.29 is 17.9 Å². The summed E-state index contributed by atoms with van der Waals surface area (Å²) in [4.78, 5) is 22.5. The second kappa shape index (κ2) is 4.90. The molecule has 8 nitrogen and oxygen atoms in total. The lowest BCUT2D eigenvalue weighted by Gasteiger charge is -2.11. The van der Waals surface area contributed by atoms with Gasteiger partial charge in [-0.05, 0) is 6.07 Å². The number of carbonyl (C=O) groups is 1. The van der Waals surface area contributed by atoms with Gasteiger partial charge in [0.05, 0.1) is 7.11 Å². The van der Waals surface area contributed by atoms with Gasteiger partial charge >= 0.3 is 0 Å². The molecule has 2 aromatic heterocycles. The van der Waals surface area contributed by atoms with Crippen molar-refractivity contribution in [3.8, 4) is 5.88 Å². The summed E-state index contributed by atoms with van der Waals surface area (Å²) in [6.07, 6.45) is -0.120. The number of ether oxygens (including phenoxy) is 1. The molecule has 2 N–H and O–H groups in total. The van der Waals surface area contributed by atoms with E-state index in [4.69, 9.17) is 9.88 Å². The molecule has 21 heavy (non-hydrogen) atoms. The fourth-order valence-corrected chi connectivity index (χ4v) is 3.79. The highest BCUT2D eigenvalue weighted by Gasteiger charge is 2.38. The van der Waals surface area contributed by atoms with Crippen molar-refractivity contribution in [1.29, 1.82) is 0 Å². The minimum absolute atomic E-state index is 0.0224. The summed E-state index contributed by atoms with van der Waals surface area (Å²) < 4.78 is 27.8. The van der Waals surface area contributed by atoms with Crippen molar-refractivity contribution in [1.82, 2.24) is 9.97 Å². The third-order valence-electron chi connectivity index (χ3n) is 3.21. The molecule has 112 valence electrons. The van der Waals surface area contributed by atoms with Gasteiger partial charge < -0.3 is 4.74 Å². The molecule has 1 aliphatic rings. The van der Waals surface area contributed by atoms with Crippen LogP contribution in [-0.2, 0) is 14.8 Å². The molecule has 0 aliphatic carbocycles. The first-order chi connectivity index (χ1) is 9.88. The zero-order chi connectivity index (χ0) is 15.2. The molecule has 1 amide bonds. The van der Waals surface area contributed by atoms with Gasteiger partial charge in [0.25, 0.3) is 0 Å². The molecule has 0 bridgehead atoms. The number of primary sulfonamides is 1. The van der Waals surface area contributed by atoms with E-state index in [1.54, 1.807) is 12.1 Å². The van der Waals surface area contributed by atoms with E-state index in [0.29, 0.717) is 21.4 Å². The Morgan fingerprint density at radius 1 is 1.43 bits per heavy atom. The second-order valence-corrected chi connectivity index (χ2v) is 7.39. The Kier molecular flexibility index (Phi) is 3.30. The van der Waals surface area contributed by atoms with Gasteiger partial charge in [-0.15, -0.1) is 0 Å². The van der Waals surface area contributed by atoms with Crippen molar-refractivity contribution in [3.05, 3.63) is 12.1 Å². The molecule has 1 aliphatic heterocycles. The first kappa shape index (κ1) is 14.2. The maximum absolute atomic E-state index is 12.0. The van der Waals surface area contributed by atoms with Crippen LogP contribution in [0.3, 0.4) is 0 Å². The predicted molar refractivity (Wildman–Crippen MR) is 77.8 cm³/mol. The van der Waals surface area contributed by atoms with Gasteiger partial charge in [-0.3, -0.25) is 9.69 Å². The van der Waals surface area contributed by atoms with Crippen LogP contribution in [0.25, 0.3) is 10.3 Å². The van der Waals surface area contributed by atoms with Gasteiger partial charge in [0.2, 0.25) is 21.8 Å². The van der Waals surface area contributed by atoms with E-state index < -0.39 is 15.3 Å². The predicted octanol–water partition coefficient (Wildman–Crippen LogP) is 0.0937. The maximum Gasteiger partial charge on any atom is 0.230 e. The number of rotatable bonds is 3. The third kappa shape index (κ3) is 2.57. The number of pyridine rings is 1. The van der Waals surface area contributed by atoms with E-state index in [2.05, 4.69) is 9.97 Å². The number of hydrogen-bond donors (Lipinski definition) is 1. The van der Waals surface area contributed by atoms with Crippen LogP contribution in [0.4, 0.5) is 5.13 Å². The molecule has 0 aromatic carbocycles. The van der Waals surface area contributed by atoms with Gasteiger partial charge in [-0.1, -0.05) is 11.3 Å². The number of aromatic nitrogens is 2. The first-order valence-corrected chi connectivity index (χ1v) is 8.44. The van der Waals surface area contributed by atoms with Crippen LogP contribution in [0.2, 0.25) is 0 Å². The van der Waals surface area contributed by atoms with E-state index >= 15 is 0 Å². The van der Waals surface area contributed by atoms with Crippen molar-refractivity contribution in [2.45, 2.75) is 11.7 Å². The number of nitrogens with two attached hydrogens (primary N) is 1. The number of sulfonamides is 1. The van der Waals surface area contributed by atoms with E-state index in [9.17, 15) is 13.2 Å². The van der Waals surface area contributed by atoms with Gasteiger partial charge in [-0.2, -0.15) is 0 Å². The van der Waals surface area contributed by atoms with Crippen molar-refractivity contribution >= 4 is 42.7 Å². The van der Waals surface area contributed by atoms with E-state index in [0.717, 1.165) is 0 Å². The Bertz CT molecular complexity index is 817. The highest BCUT2D eigenvalue weighted by atomic mass is 32.2. The van der Waals surface area contributed by atoms with E-state index in [-0.39, 0.29) is 18.9 Å². The number of thiazole rings is 1. The van der Waals surface area contributed by atoms with Crippen LogP contribution < -0.4 is 14.8 Å². The second-order valence-electron chi connectivity index (χ2n) is 4.59. The first-order valence-electron chi connectivity index (χ1n) is 6.02. The maximum atomic E-state index is 12.0. The minimum atomic E-state index is -3.74. The molecule has 3 rings (SSSR count). The monoisotopic (exact) mass is 328 g/mol. The summed E-state index contributed by atoms with van der Waals surface area (Å²) in [6.45, 7) is 0.0224. The van der Waals surface area contributed by atoms with Crippen LogP contribution in [0.1, 0.15) is 6.42 Å². The minimum Gasteiger partial charge on any atom is -0.481 e. The molecule has 0 spiro atoms. The fraction of sp³-hybridized carbons (Fsp3) is 0.364. The van der Waals surface area contributed by atoms with Crippen molar-refractivity contribution in [2.75, 3.05) is 18.6 Å². The molecule has 1 atom stereocenters. The molecule has 10 heteroatoms. The summed E-state index contributed by atoms with van der Waals surface area (Å²) in [5.41, 5.74) is 0.627. The number of fused-ring (bicyclic) bond motifs is 1. The Morgan fingerprint density at radius 3 is 2.81 bits per heavy atom. The number of methoxy groups -OCH3 is 1. The smallest absolute Gasteiger partial charge is 0.230 e. The summed E-state index contributed by atoms with van der Waals surface area (Å²) in [6, 6.07) is 3.41. The number of amides is 1. The molecule has 0 saturated carbocycles. The molecule has 3 heterocycles. The third-order valence-corrected chi connectivity index (χ3v) is 5.45. The van der Waals surface area contributed by atoms with Gasteiger partial charge in [0, 0.05) is 19.0 Å². The van der Waals surface area contributed by atoms with Crippen LogP contribution >= 0.6 is 11.3 Å². The summed E-state index contributed by atoms with van der Waals surface area (Å²) >= 11 is 1.21. The van der Waals surface area contributed by atoms with Crippen molar-refractivity contribution in [3.63, 3.8) is 0 Å². The van der Waals surface area contributed by atoms with Crippen LogP contribution in [-0.4, -0.2) is 43.2 Å². The zero-order valence-electron chi connectivity index (χ0n) is 11.0. The Morgan fingerprint density at radius 2 is 2.19 bits per heavy atom. The Labute approximate surface area is 124 Å². The highest BCUT2D eigenvalue weighted by molar-refractivity contribution is 7.89. The molecule has 0 radical (unpaired) electrons. The standard InChI is InChI=1S/C11H12N4O4S2/c1-19-8-3-2-7-10(14-8)20-11(13-7)15-5-6(4-9(15)16)21(12,17)18/h2-3,6H,4-5H2,1H3,(H2,12,17,18). The zero-order valence-corrected chi connectivity index (χ0v) is 12.6. The van der Waals surface area contributed by atoms with E-state index in [1.807, 2.05) is 0 Å². The largest absolute Gasteiger partial charge is 0.481 e. The fourth-order valence-electron chi connectivity index (χ4n) is 2.10. The summed E-state index contributed by atoms with van der Waals surface area (Å²) in [5.74, 6) is 0.146. The van der Waals surface area contributed by atoms with Gasteiger partial charge in [-0.25, -0.2) is 23.5 Å². The number of nitrogens with zero attached hydrogens (tertiary/aromatic N) is 3. The Balaban J connectivity index is 1.95. The average Bonchev–Trinajstić information content (AvgIpc) is 2.99. The van der Waals surface area contributed by atoms with Crippen molar-refractivity contribution in [2.24, 2.45) is 5.14 Å². The Hall–Kier alpha value is -1.78. The molecule has 2 aromatic rings. The molecular weight excluding hydrogens is 316 g/mol. The highest BCUT2D eigenvalue weighted by Crippen LogP contribution is 2.32. The molecule has 1 saturated heterocycles. The van der Waals surface area contributed by atoms with Gasteiger partial charge in [0.15, 0.2) is 5.13 Å². The van der Waals surface area contributed by atoms with Crippen LogP contribution in [0, 0.1) is 0 Å². The number of anilines is 1.